The molecule has 300 valence electrons. The van der Waals surface area contributed by atoms with Crippen LogP contribution >= 0.6 is 0 Å². The number of ether oxygens (including phenoxy) is 3. The molecule has 0 aromatic heterocycles. The molecule has 8 nitrogen and oxygen atoms in total. The number of unbranched alkanes of at least 4 members (excludes halogenated alkanes) is 15. The number of aliphatic carboxylic acids is 1. The SMILES string of the molecule is CC/C=C/C/C=C/CCCCCCCC(=O)OC(COCCC(C(=O)O)[N+](C)(C)C)COC(=O)CCCCC/C=C/C=C/CCCCCCCCC. The number of hydrogen-bond acceptors (Lipinski definition) is 6. The topological polar surface area (TPSA) is 99.1 Å². The first-order valence-corrected chi connectivity index (χ1v) is 20.7. The first-order valence-electron chi connectivity index (χ1n) is 20.7. The van der Waals surface area contributed by atoms with Crippen LogP contribution in [-0.4, -0.2) is 80.6 Å². The van der Waals surface area contributed by atoms with E-state index in [0.717, 1.165) is 83.5 Å². The predicted molar refractivity (Wildman–Crippen MR) is 215 cm³/mol. The molecule has 0 aromatic carbocycles. The molecule has 2 atom stereocenters. The highest BCUT2D eigenvalue weighted by atomic mass is 16.6. The third-order valence-corrected chi connectivity index (χ3v) is 8.99. The van der Waals surface area contributed by atoms with Crippen molar-refractivity contribution in [1.82, 2.24) is 0 Å². The maximum atomic E-state index is 12.7. The monoisotopic (exact) mass is 733 g/mol. The Balaban J connectivity index is 4.44. The van der Waals surface area contributed by atoms with E-state index in [2.05, 4.69) is 62.5 Å². The van der Waals surface area contributed by atoms with Crippen molar-refractivity contribution in [1.29, 1.82) is 0 Å². The van der Waals surface area contributed by atoms with Gasteiger partial charge < -0.3 is 23.8 Å². The molecule has 1 N–H and O–H groups in total. The standard InChI is InChI=1S/C44H77NO7/c1-6-8-10-12-14-16-18-20-21-22-23-25-26-28-30-32-34-42(46)51-39-40(38-50-37-36-41(44(48)49)45(3,4)5)52-43(47)35-33-31-29-27-24-19-17-15-13-11-9-7-2/h9,11,15,17,21-23,25,40-41H,6-8,10,12-14,16,18-20,24,26-39H2,1-5H3/p+1/b11-9+,17-15+,22-21+,25-23+. The Bertz CT molecular complexity index is 995. The summed E-state index contributed by atoms with van der Waals surface area (Å²) >= 11 is 0. The van der Waals surface area contributed by atoms with Crippen LogP contribution in [0, 0.1) is 0 Å². The van der Waals surface area contributed by atoms with E-state index < -0.39 is 18.1 Å². The lowest BCUT2D eigenvalue weighted by atomic mass is 10.1. The molecule has 0 heterocycles. The molecule has 52 heavy (non-hydrogen) atoms. The summed E-state index contributed by atoms with van der Waals surface area (Å²) < 4.78 is 17.2. The van der Waals surface area contributed by atoms with E-state index in [1.165, 1.54) is 44.9 Å². The number of quaternary nitrogens is 1. The highest BCUT2D eigenvalue weighted by molar-refractivity contribution is 5.72. The molecular weight excluding hydrogens is 654 g/mol. The molecule has 8 heteroatoms. The molecule has 0 spiro atoms. The summed E-state index contributed by atoms with van der Waals surface area (Å²) in [5.74, 6) is -1.53. The number of esters is 2. The quantitative estimate of drug-likeness (QED) is 0.0225. The van der Waals surface area contributed by atoms with Crippen molar-refractivity contribution in [2.24, 2.45) is 0 Å². The van der Waals surface area contributed by atoms with Gasteiger partial charge in [-0.15, -0.1) is 0 Å². The van der Waals surface area contributed by atoms with Crippen LogP contribution in [0.5, 0.6) is 0 Å². The molecule has 0 radical (unpaired) electrons. The minimum Gasteiger partial charge on any atom is -0.477 e. The van der Waals surface area contributed by atoms with E-state index in [1.54, 1.807) is 0 Å². The van der Waals surface area contributed by atoms with E-state index in [-0.39, 0.29) is 36.2 Å². The number of carbonyl (C=O) groups is 3. The largest absolute Gasteiger partial charge is 0.477 e. The number of carboxylic acid groups (broad SMARTS) is 1. The number of nitrogens with zero attached hydrogens (tertiary/aromatic N) is 1. The lowest BCUT2D eigenvalue weighted by Crippen LogP contribution is -2.50. The summed E-state index contributed by atoms with van der Waals surface area (Å²) in [6, 6.07) is -0.621. The van der Waals surface area contributed by atoms with Gasteiger partial charge in [-0.3, -0.25) is 9.59 Å². The van der Waals surface area contributed by atoms with Crippen LogP contribution in [0.3, 0.4) is 0 Å². The van der Waals surface area contributed by atoms with Crippen molar-refractivity contribution in [3.05, 3.63) is 48.6 Å². The number of carbonyl (C=O) groups excluding carboxylic acids is 2. The predicted octanol–water partition coefficient (Wildman–Crippen LogP) is 10.9. The second kappa shape index (κ2) is 35.3. The van der Waals surface area contributed by atoms with Crippen LogP contribution in [0.4, 0.5) is 0 Å². The zero-order chi connectivity index (χ0) is 38.5. The summed E-state index contributed by atoms with van der Waals surface area (Å²) in [6.45, 7) is 4.56. The van der Waals surface area contributed by atoms with E-state index in [0.29, 0.717) is 19.3 Å². The number of hydrogen-bond donors (Lipinski definition) is 1. The van der Waals surface area contributed by atoms with Gasteiger partial charge in [0, 0.05) is 19.3 Å². The lowest BCUT2D eigenvalue weighted by Gasteiger charge is -2.31. The van der Waals surface area contributed by atoms with Crippen LogP contribution in [0.25, 0.3) is 0 Å². The molecule has 0 aliphatic heterocycles. The maximum absolute atomic E-state index is 12.7. The van der Waals surface area contributed by atoms with Gasteiger partial charge >= 0.3 is 17.9 Å². The van der Waals surface area contributed by atoms with Crippen molar-refractivity contribution in [2.75, 3.05) is 41.0 Å². The highest BCUT2D eigenvalue weighted by Gasteiger charge is 2.31. The van der Waals surface area contributed by atoms with Crippen molar-refractivity contribution >= 4 is 17.9 Å². The molecular formula is C44H78NO7+. The molecule has 0 bridgehead atoms. The second-order valence-electron chi connectivity index (χ2n) is 14.9. The molecule has 0 fully saturated rings. The fourth-order valence-electron chi connectivity index (χ4n) is 5.77. The summed E-state index contributed by atoms with van der Waals surface area (Å²) in [6.07, 6.45) is 40.1. The maximum Gasteiger partial charge on any atom is 0.362 e. The minimum atomic E-state index is -0.883. The van der Waals surface area contributed by atoms with E-state index in [9.17, 15) is 19.5 Å². The summed E-state index contributed by atoms with van der Waals surface area (Å²) in [4.78, 5) is 36.8. The highest BCUT2D eigenvalue weighted by Crippen LogP contribution is 2.13. The Labute approximate surface area is 318 Å². The second-order valence-corrected chi connectivity index (χ2v) is 14.9. The Morgan fingerprint density at radius 3 is 1.71 bits per heavy atom. The Hall–Kier alpha value is -2.71. The van der Waals surface area contributed by atoms with Crippen LogP contribution in [0.1, 0.15) is 162 Å². The number of rotatable bonds is 36. The van der Waals surface area contributed by atoms with Crippen LogP contribution in [0.2, 0.25) is 0 Å². The number of allylic oxidation sites excluding steroid dienone is 8. The fraction of sp³-hybridized carbons (Fsp3) is 0.750. The molecule has 0 rings (SSSR count). The van der Waals surface area contributed by atoms with E-state index in [1.807, 2.05) is 21.1 Å². The average molecular weight is 733 g/mol. The van der Waals surface area contributed by atoms with Gasteiger partial charge in [0.2, 0.25) is 0 Å². The Morgan fingerprint density at radius 1 is 0.615 bits per heavy atom. The molecule has 0 saturated carbocycles. The minimum absolute atomic E-state index is 0.0457. The van der Waals surface area contributed by atoms with Crippen molar-refractivity contribution in [2.45, 2.75) is 174 Å². The Morgan fingerprint density at radius 2 is 1.13 bits per heavy atom. The molecule has 2 unspecified atom stereocenters. The zero-order valence-corrected chi connectivity index (χ0v) is 34.0. The molecule has 0 aliphatic carbocycles. The molecule has 0 amide bonds. The van der Waals surface area contributed by atoms with Crippen molar-refractivity contribution in [3.8, 4) is 0 Å². The third-order valence-electron chi connectivity index (χ3n) is 8.99. The normalized spacial score (nSPS) is 13.5. The first kappa shape index (κ1) is 49.3. The van der Waals surface area contributed by atoms with Gasteiger partial charge in [-0.25, -0.2) is 4.79 Å². The summed E-state index contributed by atoms with van der Waals surface area (Å²) in [7, 11) is 5.50. The average Bonchev–Trinajstić information content (AvgIpc) is 3.09. The molecule has 0 saturated heterocycles. The van der Waals surface area contributed by atoms with Crippen LogP contribution in [-0.2, 0) is 28.6 Å². The number of carboxylic acids is 1. The van der Waals surface area contributed by atoms with Crippen molar-refractivity contribution in [3.63, 3.8) is 0 Å². The smallest absolute Gasteiger partial charge is 0.362 e. The van der Waals surface area contributed by atoms with Crippen LogP contribution in [0.15, 0.2) is 48.6 Å². The molecule has 0 aliphatic rings. The van der Waals surface area contributed by atoms with Gasteiger partial charge in [0.1, 0.15) is 6.61 Å². The lowest BCUT2D eigenvalue weighted by molar-refractivity contribution is -0.887. The summed E-state index contributed by atoms with van der Waals surface area (Å²) in [5, 5.41) is 9.59. The fourth-order valence-corrected chi connectivity index (χ4v) is 5.77. The van der Waals surface area contributed by atoms with Gasteiger partial charge in [-0.2, -0.15) is 0 Å². The third kappa shape index (κ3) is 33.1. The van der Waals surface area contributed by atoms with Gasteiger partial charge in [0.25, 0.3) is 0 Å². The molecule has 0 aromatic rings. The van der Waals surface area contributed by atoms with Gasteiger partial charge in [0.05, 0.1) is 34.4 Å². The van der Waals surface area contributed by atoms with Crippen LogP contribution < -0.4 is 0 Å². The van der Waals surface area contributed by atoms with Gasteiger partial charge in [-0.1, -0.05) is 127 Å². The first-order chi connectivity index (χ1) is 25.1. The number of likely N-dealkylation sites (N-methyl/N-ethyl adjacent to an activating group) is 1. The Kier molecular flexibility index (Phi) is 33.5. The van der Waals surface area contributed by atoms with Crippen molar-refractivity contribution < 1.29 is 38.2 Å². The van der Waals surface area contributed by atoms with E-state index in [4.69, 9.17) is 14.2 Å². The van der Waals surface area contributed by atoms with Gasteiger partial charge in [-0.05, 0) is 64.2 Å². The van der Waals surface area contributed by atoms with Gasteiger partial charge in [0.15, 0.2) is 12.1 Å². The van der Waals surface area contributed by atoms with E-state index >= 15 is 0 Å². The zero-order valence-electron chi connectivity index (χ0n) is 34.0. The summed E-state index contributed by atoms with van der Waals surface area (Å²) in [5.41, 5.74) is 0.